The molecule has 0 aliphatic heterocycles. The first-order valence-corrected chi connectivity index (χ1v) is 6.41. The van der Waals surface area contributed by atoms with Gasteiger partial charge in [-0.05, 0) is 28.1 Å². The van der Waals surface area contributed by atoms with E-state index in [1.807, 2.05) is 0 Å². The molecular formula is C12H13BrN2O5. The lowest BCUT2D eigenvalue weighted by Gasteiger charge is -2.09. The molecule has 1 aromatic rings. The fraction of sp³-hybridized carbons (Fsp3) is 0.250. The molecule has 0 aliphatic carbocycles. The van der Waals surface area contributed by atoms with Gasteiger partial charge in [0.2, 0.25) is 5.91 Å². The van der Waals surface area contributed by atoms with Crippen LogP contribution in [0.25, 0.3) is 0 Å². The third kappa shape index (κ3) is 4.98. The van der Waals surface area contributed by atoms with E-state index in [-0.39, 0.29) is 6.54 Å². The number of carboxylic acid groups (broad SMARTS) is 1. The van der Waals surface area contributed by atoms with Crippen LogP contribution in [0, 0.1) is 0 Å². The number of nitrogens with one attached hydrogen (secondary N) is 2. The molecule has 0 radical (unpaired) electrons. The van der Waals surface area contributed by atoms with Crippen molar-refractivity contribution in [3.05, 3.63) is 34.3 Å². The van der Waals surface area contributed by atoms with Crippen molar-refractivity contribution in [1.29, 1.82) is 0 Å². The number of benzene rings is 1. The molecule has 20 heavy (non-hydrogen) atoms. The topological polar surface area (TPSA) is 116 Å². The second-order valence-corrected chi connectivity index (χ2v) is 4.67. The molecule has 0 fully saturated rings. The maximum Gasteiger partial charge on any atom is 0.334 e. The van der Waals surface area contributed by atoms with Gasteiger partial charge in [0.1, 0.15) is 0 Å². The lowest BCUT2D eigenvalue weighted by atomic mass is 10.2. The minimum atomic E-state index is -1.67. The zero-order valence-corrected chi connectivity index (χ0v) is 11.9. The van der Waals surface area contributed by atoms with E-state index in [1.54, 1.807) is 24.3 Å². The number of carboxylic acids is 1. The van der Waals surface area contributed by atoms with E-state index in [4.69, 9.17) is 10.2 Å². The summed E-state index contributed by atoms with van der Waals surface area (Å²) in [5, 5.41) is 21.9. The summed E-state index contributed by atoms with van der Waals surface area (Å²) >= 11 is 3.21. The summed E-state index contributed by atoms with van der Waals surface area (Å²) in [6.07, 6.45) is -1.67. The minimum Gasteiger partial charge on any atom is -0.479 e. The number of aliphatic hydroxyl groups is 1. The van der Waals surface area contributed by atoms with Crippen molar-refractivity contribution in [1.82, 2.24) is 10.6 Å². The fourth-order valence-corrected chi connectivity index (χ4v) is 1.73. The van der Waals surface area contributed by atoms with Gasteiger partial charge in [-0.15, -0.1) is 0 Å². The van der Waals surface area contributed by atoms with Crippen LogP contribution in [0.15, 0.2) is 28.7 Å². The zero-order valence-electron chi connectivity index (χ0n) is 10.3. The predicted octanol–water partition coefficient (Wildman–Crippen LogP) is -0.259. The van der Waals surface area contributed by atoms with Crippen LogP contribution in [0.3, 0.4) is 0 Å². The molecule has 108 valence electrons. The molecule has 4 N–H and O–H groups in total. The van der Waals surface area contributed by atoms with Crippen LogP contribution in [0.4, 0.5) is 0 Å². The largest absolute Gasteiger partial charge is 0.479 e. The molecule has 1 aromatic carbocycles. The molecule has 8 heteroatoms. The summed E-state index contributed by atoms with van der Waals surface area (Å²) in [7, 11) is 0. The highest BCUT2D eigenvalue weighted by Crippen LogP contribution is 2.15. The number of aliphatic hydroxyl groups excluding tert-OH is 1. The molecular weight excluding hydrogens is 332 g/mol. The number of carbonyl (C=O) groups is 3. The second kappa shape index (κ2) is 7.61. The first-order valence-electron chi connectivity index (χ1n) is 5.62. The summed E-state index contributed by atoms with van der Waals surface area (Å²) in [5.41, 5.74) is 0.380. The standard InChI is InChI=1S/C12H13BrN2O5/c13-8-4-2-1-3-7(8)11(18)15-6-10(17)14-5-9(16)12(19)20/h1-4,9,16H,5-6H2,(H,14,17)(H,15,18)(H,19,20)/t9-/m0/s1. The van der Waals surface area contributed by atoms with Crippen molar-refractivity contribution < 1.29 is 24.6 Å². The fourth-order valence-electron chi connectivity index (χ4n) is 1.26. The van der Waals surface area contributed by atoms with E-state index < -0.39 is 30.4 Å². The van der Waals surface area contributed by atoms with Crippen LogP contribution in [0.5, 0.6) is 0 Å². The highest BCUT2D eigenvalue weighted by molar-refractivity contribution is 9.10. The van der Waals surface area contributed by atoms with Crippen LogP contribution in [0.1, 0.15) is 10.4 Å². The highest BCUT2D eigenvalue weighted by Gasteiger charge is 2.15. The number of hydrogen-bond donors (Lipinski definition) is 4. The maximum atomic E-state index is 11.8. The van der Waals surface area contributed by atoms with Crippen LogP contribution >= 0.6 is 15.9 Å². The summed E-state index contributed by atoms with van der Waals surface area (Å²) in [4.78, 5) is 33.4. The van der Waals surface area contributed by atoms with Gasteiger partial charge in [-0.25, -0.2) is 4.79 Å². The highest BCUT2D eigenvalue weighted by atomic mass is 79.9. The molecule has 0 saturated carbocycles. The number of rotatable bonds is 6. The van der Waals surface area contributed by atoms with E-state index in [2.05, 4.69) is 26.6 Å². The van der Waals surface area contributed by atoms with Gasteiger partial charge in [-0.2, -0.15) is 0 Å². The first kappa shape index (κ1) is 16.1. The predicted molar refractivity (Wildman–Crippen MR) is 73.1 cm³/mol. The minimum absolute atomic E-state index is 0.313. The Kier molecular flexibility index (Phi) is 6.13. The Balaban J connectivity index is 2.40. The first-order chi connectivity index (χ1) is 9.41. The quantitative estimate of drug-likeness (QED) is 0.567. The molecule has 2 amide bonds. The van der Waals surface area contributed by atoms with Crippen LogP contribution < -0.4 is 10.6 Å². The number of aliphatic carboxylic acids is 1. The average molecular weight is 345 g/mol. The third-order valence-electron chi connectivity index (χ3n) is 2.31. The summed E-state index contributed by atoms with van der Waals surface area (Å²) in [6, 6.07) is 6.72. The lowest BCUT2D eigenvalue weighted by molar-refractivity contribution is -0.146. The SMILES string of the molecule is O=C(CNC(=O)c1ccccc1Br)NC[C@H](O)C(=O)O. The number of carbonyl (C=O) groups excluding carboxylic acids is 2. The number of hydrogen-bond acceptors (Lipinski definition) is 4. The molecule has 0 unspecified atom stereocenters. The van der Waals surface area contributed by atoms with Gasteiger partial charge >= 0.3 is 5.97 Å². The van der Waals surface area contributed by atoms with Gasteiger partial charge in [-0.1, -0.05) is 12.1 Å². The Morgan fingerprint density at radius 3 is 2.45 bits per heavy atom. The Morgan fingerprint density at radius 2 is 1.85 bits per heavy atom. The molecule has 0 heterocycles. The molecule has 7 nitrogen and oxygen atoms in total. The molecule has 0 aliphatic rings. The van der Waals surface area contributed by atoms with E-state index >= 15 is 0 Å². The molecule has 0 spiro atoms. The van der Waals surface area contributed by atoms with Crippen LogP contribution in [-0.4, -0.2) is 47.2 Å². The molecule has 1 rings (SSSR count). The van der Waals surface area contributed by atoms with Gasteiger partial charge in [-0.3, -0.25) is 9.59 Å². The van der Waals surface area contributed by atoms with Crippen molar-refractivity contribution >= 4 is 33.7 Å². The second-order valence-electron chi connectivity index (χ2n) is 3.82. The van der Waals surface area contributed by atoms with Crippen molar-refractivity contribution in [2.75, 3.05) is 13.1 Å². The Morgan fingerprint density at radius 1 is 1.20 bits per heavy atom. The monoisotopic (exact) mass is 344 g/mol. The van der Waals surface area contributed by atoms with Gasteiger partial charge < -0.3 is 20.8 Å². The molecule has 0 aromatic heterocycles. The van der Waals surface area contributed by atoms with Crippen molar-refractivity contribution in [3.63, 3.8) is 0 Å². The van der Waals surface area contributed by atoms with Crippen LogP contribution in [0.2, 0.25) is 0 Å². The van der Waals surface area contributed by atoms with Gasteiger partial charge in [0, 0.05) is 4.47 Å². The maximum absolute atomic E-state index is 11.8. The average Bonchev–Trinajstić information content (AvgIpc) is 2.42. The van der Waals surface area contributed by atoms with Crippen molar-refractivity contribution in [2.45, 2.75) is 6.10 Å². The molecule has 1 atom stereocenters. The summed E-state index contributed by atoms with van der Waals surface area (Å²) in [5.74, 6) is -2.46. The Bertz CT molecular complexity index is 520. The van der Waals surface area contributed by atoms with Crippen LogP contribution in [-0.2, 0) is 9.59 Å². The smallest absolute Gasteiger partial charge is 0.334 e. The van der Waals surface area contributed by atoms with Crippen molar-refractivity contribution in [3.8, 4) is 0 Å². The number of halogens is 1. The van der Waals surface area contributed by atoms with Gasteiger partial charge in [0.25, 0.3) is 5.91 Å². The van der Waals surface area contributed by atoms with Gasteiger partial charge in [0.15, 0.2) is 6.10 Å². The Hall–Kier alpha value is -1.93. The summed E-state index contributed by atoms with van der Waals surface area (Å²) in [6.45, 7) is -0.731. The number of amides is 2. The van der Waals surface area contributed by atoms with E-state index in [0.717, 1.165) is 0 Å². The van der Waals surface area contributed by atoms with Gasteiger partial charge in [0.05, 0.1) is 18.7 Å². The van der Waals surface area contributed by atoms with Crippen molar-refractivity contribution in [2.24, 2.45) is 0 Å². The lowest BCUT2D eigenvalue weighted by Crippen LogP contribution is -2.42. The van der Waals surface area contributed by atoms with E-state index in [9.17, 15) is 14.4 Å². The molecule has 0 saturated heterocycles. The summed E-state index contributed by atoms with van der Waals surface area (Å²) < 4.78 is 0.596. The normalized spacial score (nSPS) is 11.5. The zero-order chi connectivity index (χ0) is 15.1. The van der Waals surface area contributed by atoms with E-state index in [0.29, 0.717) is 10.0 Å². The molecule has 0 bridgehead atoms. The third-order valence-corrected chi connectivity index (χ3v) is 3.00. The Labute approximate surface area is 123 Å². The van der Waals surface area contributed by atoms with E-state index in [1.165, 1.54) is 0 Å².